The Morgan fingerprint density at radius 3 is 2.67 bits per heavy atom. The van der Waals surface area contributed by atoms with Gasteiger partial charge in [0.15, 0.2) is 0 Å². The van der Waals surface area contributed by atoms with E-state index in [0.29, 0.717) is 12.1 Å². The summed E-state index contributed by atoms with van der Waals surface area (Å²) in [7, 11) is 0. The number of nitrogens with one attached hydrogen (secondary N) is 1. The number of rotatable bonds is 0. The molecule has 1 aromatic carbocycles. The third-order valence-corrected chi connectivity index (χ3v) is 3.93. The summed E-state index contributed by atoms with van der Waals surface area (Å²) in [5.74, 6) is -1.71. The molecular formula is C14H14F3N. The lowest BCUT2D eigenvalue weighted by molar-refractivity contribution is -0.163. The molecule has 4 heteroatoms. The van der Waals surface area contributed by atoms with Crippen molar-refractivity contribution < 1.29 is 13.2 Å². The van der Waals surface area contributed by atoms with Crippen LogP contribution in [0.4, 0.5) is 13.2 Å². The van der Waals surface area contributed by atoms with E-state index in [1.807, 2.05) is 24.3 Å². The number of fused-ring (bicyclic) bond motifs is 3. The average Bonchev–Trinajstić information content (AvgIpc) is 2.64. The van der Waals surface area contributed by atoms with Crippen molar-refractivity contribution in [3.05, 3.63) is 35.5 Å². The van der Waals surface area contributed by atoms with Crippen LogP contribution in [0.3, 0.4) is 0 Å². The summed E-state index contributed by atoms with van der Waals surface area (Å²) in [6.07, 6.45) is -2.85. The number of alkyl halides is 3. The van der Waals surface area contributed by atoms with E-state index in [9.17, 15) is 13.2 Å². The molecule has 3 rings (SSSR count). The van der Waals surface area contributed by atoms with E-state index < -0.39 is 12.1 Å². The van der Waals surface area contributed by atoms with E-state index in [2.05, 4.69) is 4.98 Å². The topological polar surface area (TPSA) is 15.8 Å². The van der Waals surface area contributed by atoms with Gasteiger partial charge < -0.3 is 4.98 Å². The fraction of sp³-hybridized carbons (Fsp3) is 0.429. The molecule has 0 saturated heterocycles. The molecule has 1 N–H and O–H groups in total. The summed E-state index contributed by atoms with van der Waals surface area (Å²) < 4.78 is 39.5. The van der Waals surface area contributed by atoms with E-state index in [1.165, 1.54) is 0 Å². The molecule has 0 amide bonds. The van der Waals surface area contributed by atoms with E-state index in [1.54, 1.807) is 6.92 Å². The number of para-hydroxylation sites is 1. The molecule has 18 heavy (non-hydrogen) atoms. The quantitative estimate of drug-likeness (QED) is 0.716. The third kappa shape index (κ3) is 1.62. The van der Waals surface area contributed by atoms with Gasteiger partial charge >= 0.3 is 6.18 Å². The largest absolute Gasteiger partial charge is 0.397 e. The first kappa shape index (κ1) is 11.6. The predicted molar refractivity (Wildman–Crippen MR) is 64.6 cm³/mol. The lowest BCUT2D eigenvalue weighted by atomic mass is 9.78. The molecule has 1 aromatic heterocycles. The number of aromatic nitrogens is 1. The van der Waals surface area contributed by atoms with Crippen LogP contribution < -0.4 is 0 Å². The van der Waals surface area contributed by atoms with Gasteiger partial charge in [0.05, 0.1) is 5.92 Å². The maximum absolute atomic E-state index is 13.2. The van der Waals surface area contributed by atoms with Crippen LogP contribution in [0.2, 0.25) is 0 Å². The van der Waals surface area contributed by atoms with E-state index >= 15 is 0 Å². The number of hydrogen-bond donors (Lipinski definition) is 1. The van der Waals surface area contributed by atoms with Gasteiger partial charge in [-0.1, -0.05) is 25.1 Å². The highest BCUT2D eigenvalue weighted by Crippen LogP contribution is 2.47. The summed E-state index contributed by atoms with van der Waals surface area (Å²) in [5.41, 5.74) is 2.04. The Morgan fingerprint density at radius 2 is 1.94 bits per heavy atom. The van der Waals surface area contributed by atoms with Gasteiger partial charge in [-0.15, -0.1) is 0 Å². The van der Waals surface area contributed by atoms with Crippen LogP contribution in [0.15, 0.2) is 24.3 Å². The van der Waals surface area contributed by atoms with E-state index in [-0.39, 0.29) is 5.92 Å². The van der Waals surface area contributed by atoms with Crippen molar-refractivity contribution in [1.29, 1.82) is 0 Å². The summed E-state index contributed by atoms with van der Waals surface area (Å²) in [5, 5.41) is 0.939. The zero-order valence-electron chi connectivity index (χ0n) is 10.0. The summed E-state index contributed by atoms with van der Waals surface area (Å²) in [6, 6.07) is 7.45. The molecule has 0 fully saturated rings. The maximum Gasteiger partial charge on any atom is 0.397 e. The van der Waals surface area contributed by atoms with Crippen LogP contribution in [-0.4, -0.2) is 11.2 Å². The van der Waals surface area contributed by atoms with Gasteiger partial charge in [0.25, 0.3) is 0 Å². The van der Waals surface area contributed by atoms with Crippen molar-refractivity contribution in [3.8, 4) is 0 Å². The van der Waals surface area contributed by atoms with Crippen LogP contribution in [-0.2, 0) is 6.42 Å². The van der Waals surface area contributed by atoms with E-state index in [0.717, 1.165) is 22.9 Å². The second-order valence-electron chi connectivity index (χ2n) is 5.10. The smallest absolute Gasteiger partial charge is 0.358 e. The standard InChI is InChI=1S/C14H14F3N/c1-8-6-7-10-9-4-2-3-5-11(9)18-13(10)12(8)14(15,16)17/h2-5,8,12,18H,6-7H2,1H3. The van der Waals surface area contributed by atoms with Gasteiger partial charge in [-0.25, -0.2) is 0 Å². The Labute approximate surface area is 103 Å². The number of H-pyrrole nitrogens is 1. The molecule has 96 valence electrons. The first-order valence-electron chi connectivity index (χ1n) is 6.14. The normalized spacial score (nSPS) is 24.2. The Kier molecular flexibility index (Phi) is 2.44. The average molecular weight is 253 g/mol. The minimum absolute atomic E-state index is 0.356. The van der Waals surface area contributed by atoms with Crippen LogP contribution in [0.5, 0.6) is 0 Å². The van der Waals surface area contributed by atoms with Gasteiger partial charge in [-0.3, -0.25) is 0 Å². The number of halogens is 3. The van der Waals surface area contributed by atoms with Crippen LogP contribution in [0, 0.1) is 5.92 Å². The number of aryl methyl sites for hydroxylation is 1. The predicted octanol–water partition coefficient (Wildman–Crippen LogP) is 4.40. The Hall–Kier alpha value is -1.45. The monoisotopic (exact) mass is 253 g/mol. The molecule has 0 bridgehead atoms. The molecule has 1 aliphatic carbocycles. The molecule has 2 aromatic rings. The molecule has 1 nitrogen and oxygen atoms in total. The number of aromatic amines is 1. The van der Waals surface area contributed by atoms with Crippen molar-refractivity contribution in [2.75, 3.05) is 0 Å². The molecule has 1 heterocycles. The van der Waals surface area contributed by atoms with Crippen LogP contribution in [0.1, 0.15) is 30.5 Å². The molecule has 0 aliphatic heterocycles. The summed E-state index contributed by atoms with van der Waals surface area (Å²) in [6.45, 7) is 1.69. The second-order valence-corrected chi connectivity index (χ2v) is 5.10. The maximum atomic E-state index is 13.2. The third-order valence-electron chi connectivity index (χ3n) is 3.93. The summed E-state index contributed by atoms with van der Waals surface area (Å²) >= 11 is 0. The lowest BCUT2D eigenvalue weighted by Crippen LogP contribution is -2.31. The molecule has 2 unspecified atom stereocenters. The Bertz CT molecular complexity index is 582. The summed E-state index contributed by atoms with van der Waals surface area (Å²) in [4.78, 5) is 2.98. The zero-order valence-corrected chi connectivity index (χ0v) is 10.0. The fourth-order valence-corrected chi connectivity index (χ4v) is 3.07. The van der Waals surface area contributed by atoms with Crippen molar-refractivity contribution in [2.45, 2.75) is 31.9 Å². The minimum atomic E-state index is -4.17. The van der Waals surface area contributed by atoms with Gasteiger partial charge in [-0.05, 0) is 30.4 Å². The van der Waals surface area contributed by atoms with Crippen molar-refractivity contribution >= 4 is 10.9 Å². The highest BCUT2D eigenvalue weighted by atomic mass is 19.4. The Morgan fingerprint density at radius 1 is 1.22 bits per heavy atom. The van der Waals surface area contributed by atoms with Crippen LogP contribution in [0.25, 0.3) is 10.9 Å². The number of hydrogen-bond acceptors (Lipinski definition) is 0. The van der Waals surface area contributed by atoms with E-state index in [4.69, 9.17) is 0 Å². The first-order valence-corrected chi connectivity index (χ1v) is 6.14. The van der Waals surface area contributed by atoms with Gasteiger partial charge in [0.1, 0.15) is 0 Å². The number of benzene rings is 1. The minimum Gasteiger partial charge on any atom is -0.358 e. The highest BCUT2D eigenvalue weighted by Gasteiger charge is 2.47. The highest BCUT2D eigenvalue weighted by molar-refractivity contribution is 5.85. The van der Waals surface area contributed by atoms with Crippen molar-refractivity contribution in [3.63, 3.8) is 0 Å². The zero-order chi connectivity index (χ0) is 12.9. The second kappa shape index (κ2) is 3.77. The lowest BCUT2D eigenvalue weighted by Gasteiger charge is -2.30. The van der Waals surface area contributed by atoms with Crippen molar-refractivity contribution in [2.24, 2.45) is 5.92 Å². The van der Waals surface area contributed by atoms with Gasteiger partial charge in [0.2, 0.25) is 0 Å². The van der Waals surface area contributed by atoms with Gasteiger partial charge in [-0.2, -0.15) is 13.2 Å². The van der Waals surface area contributed by atoms with Gasteiger partial charge in [0, 0.05) is 16.6 Å². The Balaban J connectivity index is 2.23. The molecular weight excluding hydrogens is 239 g/mol. The molecule has 1 aliphatic rings. The fourth-order valence-electron chi connectivity index (χ4n) is 3.07. The molecule has 0 saturated carbocycles. The molecule has 2 atom stereocenters. The first-order chi connectivity index (χ1) is 8.48. The van der Waals surface area contributed by atoms with Crippen LogP contribution >= 0.6 is 0 Å². The molecule has 0 spiro atoms. The molecule has 0 radical (unpaired) electrons. The van der Waals surface area contributed by atoms with Crippen molar-refractivity contribution in [1.82, 2.24) is 4.98 Å². The SMILES string of the molecule is CC1CCc2c([nH]c3ccccc23)C1C(F)(F)F.